The van der Waals surface area contributed by atoms with Gasteiger partial charge in [0.1, 0.15) is 6.26 Å². The Labute approximate surface area is 194 Å². The van der Waals surface area contributed by atoms with Gasteiger partial charge in [0.15, 0.2) is 0 Å². The molecule has 0 aliphatic carbocycles. The van der Waals surface area contributed by atoms with Crippen molar-refractivity contribution in [3.05, 3.63) is 94.2 Å². The molecular weight excluding hydrogens is 477 g/mol. The van der Waals surface area contributed by atoms with Crippen LogP contribution in [0.5, 0.6) is 0 Å². The van der Waals surface area contributed by atoms with Gasteiger partial charge in [0.2, 0.25) is 0 Å². The number of halogens is 4. The van der Waals surface area contributed by atoms with Crippen molar-refractivity contribution in [3.63, 3.8) is 0 Å². The summed E-state index contributed by atoms with van der Waals surface area (Å²) >= 11 is 7.02. The second-order valence-corrected chi connectivity index (χ2v) is 8.37. The quantitative estimate of drug-likeness (QED) is 0.311. The van der Waals surface area contributed by atoms with E-state index in [-0.39, 0.29) is 16.1 Å². The van der Waals surface area contributed by atoms with Gasteiger partial charge >= 0.3 is 6.18 Å². The lowest BCUT2D eigenvalue weighted by molar-refractivity contribution is -0.136. The third kappa shape index (κ3) is 5.27. The van der Waals surface area contributed by atoms with E-state index in [0.29, 0.717) is 5.02 Å². The van der Waals surface area contributed by atoms with E-state index in [2.05, 4.69) is 10.6 Å². The Morgan fingerprint density at radius 2 is 1.67 bits per heavy atom. The molecule has 0 fully saturated rings. The van der Waals surface area contributed by atoms with Gasteiger partial charge in [-0.15, -0.1) is 11.3 Å². The van der Waals surface area contributed by atoms with Crippen LogP contribution in [0.1, 0.15) is 25.6 Å². The number of carbonyl (C=O) groups is 2. The van der Waals surface area contributed by atoms with E-state index in [9.17, 15) is 22.8 Å². The molecule has 0 aliphatic rings. The van der Waals surface area contributed by atoms with Gasteiger partial charge in [-0.1, -0.05) is 23.7 Å². The largest absolute Gasteiger partial charge is 0.472 e. The highest BCUT2D eigenvalue weighted by Crippen LogP contribution is 2.37. The number of thiophene rings is 1. The Morgan fingerprint density at radius 1 is 0.909 bits per heavy atom. The zero-order valence-corrected chi connectivity index (χ0v) is 18.1. The molecule has 0 unspecified atom stereocenters. The van der Waals surface area contributed by atoms with E-state index in [1.807, 2.05) is 0 Å². The van der Waals surface area contributed by atoms with Crippen molar-refractivity contribution in [2.75, 3.05) is 10.6 Å². The first kappa shape index (κ1) is 22.6. The summed E-state index contributed by atoms with van der Waals surface area (Å²) in [6.45, 7) is 0. The van der Waals surface area contributed by atoms with Crippen LogP contribution >= 0.6 is 22.9 Å². The van der Waals surface area contributed by atoms with Crippen molar-refractivity contribution in [1.82, 2.24) is 0 Å². The van der Waals surface area contributed by atoms with Crippen LogP contribution in [0.15, 0.2) is 77.6 Å². The van der Waals surface area contributed by atoms with E-state index >= 15 is 0 Å². The lowest BCUT2D eigenvalue weighted by atomic mass is 10.1. The topological polar surface area (TPSA) is 71.3 Å². The summed E-state index contributed by atoms with van der Waals surface area (Å²) in [5.41, 5.74) is -0.592. The molecule has 2 aromatic carbocycles. The van der Waals surface area contributed by atoms with Gasteiger partial charge in [-0.2, -0.15) is 13.2 Å². The number of rotatable bonds is 5. The first-order valence-electron chi connectivity index (χ1n) is 9.42. The highest BCUT2D eigenvalue weighted by atomic mass is 35.5. The molecule has 2 N–H and O–H groups in total. The lowest BCUT2D eigenvalue weighted by Gasteiger charge is -2.15. The van der Waals surface area contributed by atoms with E-state index < -0.39 is 29.2 Å². The molecule has 10 heteroatoms. The number of benzene rings is 2. The Balaban J connectivity index is 1.55. The number of hydrogen-bond acceptors (Lipinski definition) is 4. The summed E-state index contributed by atoms with van der Waals surface area (Å²) in [7, 11) is 0. The van der Waals surface area contributed by atoms with Gasteiger partial charge in [-0.25, -0.2) is 0 Å². The van der Waals surface area contributed by atoms with E-state index in [1.54, 1.807) is 30.3 Å². The maximum atomic E-state index is 13.7. The Morgan fingerprint density at radius 3 is 2.33 bits per heavy atom. The summed E-state index contributed by atoms with van der Waals surface area (Å²) in [4.78, 5) is 25.7. The third-order valence-electron chi connectivity index (χ3n) is 4.57. The molecule has 0 bridgehead atoms. The number of anilines is 2. The normalized spacial score (nSPS) is 11.3. The summed E-state index contributed by atoms with van der Waals surface area (Å²) in [6, 6.07) is 14.8. The molecule has 2 aromatic heterocycles. The number of amides is 2. The van der Waals surface area contributed by atoms with E-state index in [0.717, 1.165) is 33.9 Å². The molecule has 5 nitrogen and oxygen atoms in total. The van der Waals surface area contributed by atoms with Crippen LogP contribution in [0.3, 0.4) is 0 Å². The van der Waals surface area contributed by atoms with Gasteiger partial charge in [0.05, 0.1) is 28.0 Å². The minimum absolute atomic E-state index is 0.0762. The van der Waals surface area contributed by atoms with Crippen molar-refractivity contribution in [2.45, 2.75) is 6.18 Å². The SMILES string of the molecule is O=C(Nc1ccc(NC(=O)c2ccc(-c3ccc(Cl)cc3)s2)c(C(F)(F)F)c1)c1ccoc1. The first-order chi connectivity index (χ1) is 15.7. The van der Waals surface area contributed by atoms with Gasteiger partial charge in [0, 0.05) is 15.6 Å². The molecule has 2 amide bonds. The monoisotopic (exact) mass is 490 g/mol. The highest BCUT2D eigenvalue weighted by Gasteiger charge is 2.34. The van der Waals surface area contributed by atoms with Crippen molar-refractivity contribution in [3.8, 4) is 10.4 Å². The number of hydrogen-bond donors (Lipinski definition) is 2. The summed E-state index contributed by atoms with van der Waals surface area (Å²) in [6.07, 6.45) is -2.31. The first-order valence-corrected chi connectivity index (χ1v) is 10.6. The van der Waals surface area contributed by atoms with Crippen molar-refractivity contribution >= 4 is 46.1 Å². The number of nitrogens with one attached hydrogen (secondary N) is 2. The molecule has 0 aliphatic heterocycles. The summed E-state index contributed by atoms with van der Waals surface area (Å²) in [5.74, 6) is -1.30. The predicted molar refractivity (Wildman–Crippen MR) is 121 cm³/mol. The fourth-order valence-corrected chi connectivity index (χ4v) is 4.01. The van der Waals surface area contributed by atoms with Crippen LogP contribution in [0.4, 0.5) is 24.5 Å². The minimum atomic E-state index is -4.76. The fourth-order valence-electron chi connectivity index (χ4n) is 2.98. The molecular formula is C23H14ClF3N2O3S. The molecule has 0 saturated heterocycles. The second-order valence-electron chi connectivity index (χ2n) is 6.85. The second kappa shape index (κ2) is 9.13. The van der Waals surface area contributed by atoms with Crippen LogP contribution in [0.25, 0.3) is 10.4 Å². The molecule has 0 spiro atoms. The smallest absolute Gasteiger partial charge is 0.418 e. The Kier molecular flexibility index (Phi) is 6.26. The molecule has 2 heterocycles. The molecule has 0 saturated carbocycles. The third-order valence-corrected chi connectivity index (χ3v) is 5.96. The van der Waals surface area contributed by atoms with Crippen LogP contribution in [-0.2, 0) is 6.18 Å². The van der Waals surface area contributed by atoms with Crippen molar-refractivity contribution < 1.29 is 27.2 Å². The average molecular weight is 491 g/mol. The van der Waals surface area contributed by atoms with Crippen LogP contribution in [0.2, 0.25) is 5.02 Å². The summed E-state index contributed by atoms with van der Waals surface area (Å²) < 4.78 is 45.8. The standard InChI is InChI=1S/C23H14ClF3N2O3S/c24-15-3-1-13(2-4-15)19-7-8-20(33-19)22(31)29-18-6-5-16(11-17(18)23(25,26)27)28-21(30)14-9-10-32-12-14/h1-12H,(H,28,30)(H,29,31). The molecule has 4 aromatic rings. The van der Waals surface area contributed by atoms with Crippen molar-refractivity contribution in [1.29, 1.82) is 0 Å². The highest BCUT2D eigenvalue weighted by molar-refractivity contribution is 7.17. The average Bonchev–Trinajstić information content (AvgIpc) is 3.47. The van der Waals surface area contributed by atoms with Gasteiger partial charge < -0.3 is 15.1 Å². The van der Waals surface area contributed by atoms with Gasteiger partial charge in [-0.05, 0) is 54.1 Å². The van der Waals surface area contributed by atoms with Gasteiger partial charge in [0.25, 0.3) is 11.8 Å². The molecule has 33 heavy (non-hydrogen) atoms. The summed E-state index contributed by atoms with van der Waals surface area (Å²) in [5, 5.41) is 5.26. The molecule has 0 atom stereocenters. The number of furan rings is 1. The minimum Gasteiger partial charge on any atom is -0.472 e. The van der Waals surface area contributed by atoms with Crippen LogP contribution in [-0.4, -0.2) is 11.8 Å². The predicted octanol–water partition coefficient (Wildman–Crippen LogP) is 7.18. The number of carbonyl (C=O) groups excluding carboxylic acids is 2. The Bertz CT molecular complexity index is 1300. The molecule has 4 rings (SSSR count). The van der Waals surface area contributed by atoms with E-state index in [1.165, 1.54) is 30.7 Å². The molecule has 168 valence electrons. The zero-order valence-electron chi connectivity index (χ0n) is 16.6. The fraction of sp³-hybridized carbons (Fsp3) is 0.0435. The maximum Gasteiger partial charge on any atom is 0.418 e. The van der Waals surface area contributed by atoms with Crippen LogP contribution in [0, 0.1) is 0 Å². The zero-order chi connectivity index (χ0) is 23.6. The lowest BCUT2D eigenvalue weighted by Crippen LogP contribution is -2.17. The number of alkyl halides is 3. The Hall–Kier alpha value is -3.56. The van der Waals surface area contributed by atoms with E-state index in [4.69, 9.17) is 16.0 Å². The van der Waals surface area contributed by atoms with Crippen LogP contribution < -0.4 is 10.6 Å². The van der Waals surface area contributed by atoms with Crippen molar-refractivity contribution in [2.24, 2.45) is 0 Å². The maximum absolute atomic E-state index is 13.7. The van der Waals surface area contributed by atoms with Gasteiger partial charge in [-0.3, -0.25) is 9.59 Å². The molecule has 0 radical (unpaired) electrons.